The minimum absolute atomic E-state index is 0.107. The largest absolute Gasteiger partial charge is 0.352 e. The van der Waals surface area contributed by atoms with Crippen LogP contribution in [0.1, 0.15) is 66.2 Å². The molecule has 1 fully saturated rings. The zero-order valence-electron chi connectivity index (χ0n) is 19.6. The van der Waals surface area contributed by atoms with Crippen LogP contribution < -0.4 is 4.90 Å². The van der Waals surface area contributed by atoms with Crippen LogP contribution >= 0.6 is 11.3 Å². The van der Waals surface area contributed by atoms with Gasteiger partial charge >= 0.3 is 0 Å². The van der Waals surface area contributed by atoms with Crippen LogP contribution in [0, 0.1) is 11.7 Å². The van der Waals surface area contributed by atoms with E-state index in [2.05, 4.69) is 25.7 Å². The van der Waals surface area contributed by atoms with E-state index in [0.717, 1.165) is 35.7 Å². The van der Waals surface area contributed by atoms with Crippen molar-refractivity contribution in [3.63, 3.8) is 0 Å². The lowest BCUT2D eigenvalue weighted by atomic mass is 9.89. The molecule has 1 amide bonds. The zero-order chi connectivity index (χ0) is 23.1. The summed E-state index contributed by atoms with van der Waals surface area (Å²) in [5, 5.41) is 1.24. The molecule has 5 nitrogen and oxygen atoms in total. The summed E-state index contributed by atoms with van der Waals surface area (Å²) in [7, 11) is 0. The summed E-state index contributed by atoms with van der Waals surface area (Å²) in [6.45, 7) is 9.33. The molecular formula is C26H31FN4OS. The number of carbonyl (C=O) groups excluding carboxylic acids is 1. The molecule has 33 heavy (non-hydrogen) atoms. The second-order valence-corrected chi connectivity index (χ2v) is 10.6. The summed E-state index contributed by atoms with van der Waals surface area (Å²) >= 11 is 1.85. The number of benzene rings is 1. The molecule has 7 heteroatoms. The van der Waals surface area contributed by atoms with Gasteiger partial charge in [-0.3, -0.25) is 4.79 Å². The fraction of sp³-hybridized carbons (Fsp3) is 0.500. The molecule has 1 aromatic carbocycles. The maximum atomic E-state index is 13.6. The standard InChI is InChI=1S/C26H31FN4OS/c1-4-17(3)23-28-24(22-20-9-8-16(2)14-21(20)33-25(22)29-23)30-10-12-31(13-11-30)26(32)18-6-5-7-19(27)15-18/h5-7,15-17H,4,8-14H2,1-3H3/t16-,17+/m0/s1. The summed E-state index contributed by atoms with van der Waals surface area (Å²) in [6, 6.07) is 5.96. The lowest BCUT2D eigenvalue weighted by molar-refractivity contribution is 0.0746. The zero-order valence-corrected chi connectivity index (χ0v) is 20.4. The number of rotatable bonds is 4. The van der Waals surface area contributed by atoms with E-state index in [-0.39, 0.29) is 11.7 Å². The van der Waals surface area contributed by atoms with E-state index in [1.807, 2.05) is 16.2 Å². The Morgan fingerprint density at radius 3 is 2.76 bits per heavy atom. The monoisotopic (exact) mass is 466 g/mol. The minimum Gasteiger partial charge on any atom is -0.352 e. The molecule has 3 heterocycles. The first-order valence-corrected chi connectivity index (χ1v) is 12.9. The van der Waals surface area contributed by atoms with Crippen LogP contribution in [0.2, 0.25) is 0 Å². The van der Waals surface area contributed by atoms with Crippen LogP contribution in [-0.2, 0) is 12.8 Å². The van der Waals surface area contributed by atoms with Crippen molar-refractivity contribution in [1.29, 1.82) is 0 Å². The molecular weight excluding hydrogens is 435 g/mol. The molecule has 3 aromatic rings. The maximum absolute atomic E-state index is 13.6. The first-order chi connectivity index (χ1) is 15.9. The fourth-order valence-electron chi connectivity index (χ4n) is 4.90. The molecule has 1 aliphatic heterocycles. The molecule has 174 valence electrons. The van der Waals surface area contributed by atoms with E-state index in [4.69, 9.17) is 9.97 Å². The predicted molar refractivity (Wildman–Crippen MR) is 132 cm³/mol. The lowest BCUT2D eigenvalue weighted by Gasteiger charge is -2.36. The third-order valence-electron chi connectivity index (χ3n) is 7.14. The predicted octanol–water partition coefficient (Wildman–Crippen LogP) is 5.43. The molecule has 0 spiro atoms. The van der Waals surface area contributed by atoms with E-state index in [0.29, 0.717) is 43.6 Å². The molecule has 0 N–H and O–H groups in total. The van der Waals surface area contributed by atoms with Crippen LogP contribution in [0.25, 0.3) is 10.2 Å². The van der Waals surface area contributed by atoms with Gasteiger partial charge in [-0.05, 0) is 55.4 Å². The number of piperazine rings is 1. The highest BCUT2D eigenvalue weighted by atomic mass is 32.1. The number of aromatic nitrogens is 2. The first-order valence-electron chi connectivity index (χ1n) is 12.1. The average Bonchev–Trinajstić information content (AvgIpc) is 3.20. The first kappa shape index (κ1) is 22.3. The number of nitrogens with zero attached hydrogens (tertiary/aromatic N) is 4. The highest BCUT2D eigenvalue weighted by Crippen LogP contribution is 2.42. The highest BCUT2D eigenvalue weighted by Gasteiger charge is 2.29. The number of hydrogen-bond donors (Lipinski definition) is 0. The van der Waals surface area contributed by atoms with Gasteiger partial charge in [0.2, 0.25) is 0 Å². The van der Waals surface area contributed by atoms with Gasteiger partial charge in [0.05, 0.1) is 5.39 Å². The van der Waals surface area contributed by atoms with Crippen molar-refractivity contribution < 1.29 is 9.18 Å². The normalized spacial score (nSPS) is 19.6. The maximum Gasteiger partial charge on any atom is 0.254 e. The number of halogens is 1. The quantitative estimate of drug-likeness (QED) is 0.514. The van der Waals surface area contributed by atoms with E-state index in [9.17, 15) is 9.18 Å². The summed E-state index contributed by atoms with van der Waals surface area (Å²) in [5.41, 5.74) is 1.85. The summed E-state index contributed by atoms with van der Waals surface area (Å²) < 4.78 is 13.6. The van der Waals surface area contributed by atoms with Gasteiger partial charge in [0.15, 0.2) is 0 Å². The summed E-state index contributed by atoms with van der Waals surface area (Å²) in [6.07, 6.45) is 4.43. The number of carbonyl (C=O) groups is 1. The Labute approximate surface area is 198 Å². The molecule has 0 bridgehead atoms. The third kappa shape index (κ3) is 4.23. The van der Waals surface area contributed by atoms with Gasteiger partial charge in [-0.1, -0.05) is 26.8 Å². The third-order valence-corrected chi connectivity index (χ3v) is 8.29. The Morgan fingerprint density at radius 2 is 2.03 bits per heavy atom. The van der Waals surface area contributed by atoms with Gasteiger partial charge in [-0.2, -0.15) is 0 Å². The van der Waals surface area contributed by atoms with Crippen LogP contribution in [0.15, 0.2) is 24.3 Å². The van der Waals surface area contributed by atoms with Crippen molar-refractivity contribution in [1.82, 2.24) is 14.9 Å². The van der Waals surface area contributed by atoms with Crippen molar-refractivity contribution in [2.24, 2.45) is 5.92 Å². The second-order valence-electron chi connectivity index (χ2n) is 9.54. The smallest absolute Gasteiger partial charge is 0.254 e. The Morgan fingerprint density at radius 1 is 1.24 bits per heavy atom. The van der Waals surface area contributed by atoms with Gasteiger partial charge in [-0.15, -0.1) is 11.3 Å². The van der Waals surface area contributed by atoms with Crippen LogP contribution in [0.3, 0.4) is 0 Å². The summed E-state index contributed by atoms with van der Waals surface area (Å²) in [4.78, 5) is 29.7. The number of amides is 1. The molecule has 5 rings (SSSR count). The van der Waals surface area contributed by atoms with Crippen molar-refractivity contribution in [2.45, 2.75) is 52.4 Å². The van der Waals surface area contributed by atoms with E-state index in [1.165, 1.54) is 34.4 Å². The number of aryl methyl sites for hydroxylation is 1. The number of thiophene rings is 1. The number of anilines is 1. The van der Waals surface area contributed by atoms with Crippen LogP contribution in [0.5, 0.6) is 0 Å². The Kier molecular flexibility index (Phi) is 6.08. The van der Waals surface area contributed by atoms with Crippen molar-refractivity contribution in [3.05, 3.63) is 51.9 Å². The van der Waals surface area contributed by atoms with Gasteiger partial charge in [0, 0.05) is 42.5 Å². The number of fused-ring (bicyclic) bond motifs is 3. The topological polar surface area (TPSA) is 49.3 Å². The van der Waals surface area contributed by atoms with Gasteiger partial charge < -0.3 is 9.80 Å². The van der Waals surface area contributed by atoms with Crippen LogP contribution in [0.4, 0.5) is 10.2 Å². The van der Waals surface area contributed by atoms with Gasteiger partial charge in [-0.25, -0.2) is 14.4 Å². The molecule has 0 saturated carbocycles. The second kappa shape index (κ2) is 9.01. The van der Waals surface area contributed by atoms with E-state index < -0.39 is 0 Å². The van der Waals surface area contributed by atoms with Gasteiger partial charge in [0.1, 0.15) is 22.3 Å². The van der Waals surface area contributed by atoms with E-state index in [1.54, 1.807) is 12.1 Å². The van der Waals surface area contributed by atoms with Gasteiger partial charge in [0.25, 0.3) is 5.91 Å². The Hall–Kier alpha value is -2.54. The lowest BCUT2D eigenvalue weighted by Crippen LogP contribution is -2.49. The molecule has 1 aliphatic carbocycles. The van der Waals surface area contributed by atoms with Crippen molar-refractivity contribution >= 4 is 33.3 Å². The molecule has 2 aromatic heterocycles. The average molecular weight is 467 g/mol. The highest BCUT2D eigenvalue weighted by molar-refractivity contribution is 7.19. The molecule has 2 aliphatic rings. The number of hydrogen-bond acceptors (Lipinski definition) is 5. The SMILES string of the molecule is CC[C@@H](C)c1nc(N2CCN(C(=O)c3cccc(F)c3)CC2)c2c3c(sc2n1)C[C@@H](C)CC3. The minimum atomic E-state index is -0.378. The van der Waals surface area contributed by atoms with Crippen LogP contribution in [-0.4, -0.2) is 47.0 Å². The van der Waals surface area contributed by atoms with Crippen molar-refractivity contribution in [3.8, 4) is 0 Å². The summed E-state index contributed by atoms with van der Waals surface area (Å²) in [5.74, 6) is 2.50. The molecule has 2 atom stereocenters. The Balaban J connectivity index is 1.45. The van der Waals surface area contributed by atoms with Crippen molar-refractivity contribution in [2.75, 3.05) is 31.1 Å². The molecule has 1 saturated heterocycles. The molecule has 0 unspecified atom stereocenters. The Bertz CT molecular complexity index is 1180. The van der Waals surface area contributed by atoms with E-state index >= 15 is 0 Å². The fourth-order valence-corrected chi connectivity index (χ4v) is 6.28. The molecule has 0 radical (unpaired) electrons.